The molecule has 0 N–H and O–H groups in total. The molecule has 0 atom stereocenters. The second-order valence-corrected chi connectivity index (χ2v) is 2.74. The Bertz CT molecular complexity index is 188. The van der Waals surface area contributed by atoms with Crippen LogP contribution in [0.3, 0.4) is 0 Å². The summed E-state index contributed by atoms with van der Waals surface area (Å²) in [5, 5.41) is 0. The first kappa shape index (κ1) is 7.39. The molecule has 1 aromatic rings. The molecule has 0 aromatic heterocycles. The maximum atomic E-state index is 2.21. The van der Waals surface area contributed by atoms with Crippen molar-refractivity contribution in [2.75, 3.05) is 0 Å². The summed E-state index contributed by atoms with van der Waals surface area (Å²) in [6.07, 6.45) is 2.45. The lowest BCUT2D eigenvalue weighted by atomic mass is 9.95. The fraction of sp³-hybridized carbons (Fsp3) is 0.333. The number of benzene rings is 1. The van der Waals surface area contributed by atoms with E-state index in [1.807, 2.05) is 0 Å². The predicted octanol–water partition coefficient (Wildman–Crippen LogP) is 0.897. The number of hydrogen-bond donors (Lipinski definition) is 0. The van der Waals surface area contributed by atoms with Crippen molar-refractivity contribution < 1.29 is 0 Å². The molecule has 10 heavy (non-hydrogen) atoms. The molecule has 0 aliphatic heterocycles. The Morgan fingerprint density at radius 1 is 1.20 bits per heavy atom. The quantitative estimate of drug-likeness (QED) is 0.524. The molecule has 1 heteroatoms. The Morgan fingerprint density at radius 2 is 1.80 bits per heavy atom. The van der Waals surface area contributed by atoms with Crippen LogP contribution in [0.1, 0.15) is 18.9 Å². The van der Waals surface area contributed by atoms with Crippen LogP contribution in [0.2, 0.25) is 0 Å². The monoisotopic (exact) mass is 132 g/mol. The van der Waals surface area contributed by atoms with Gasteiger partial charge in [-0.15, -0.1) is 0 Å². The molecule has 0 spiro atoms. The third-order valence-corrected chi connectivity index (χ3v) is 1.66. The molecule has 0 amide bonds. The summed E-state index contributed by atoms with van der Waals surface area (Å²) >= 11 is 0. The summed E-state index contributed by atoms with van der Waals surface area (Å²) in [4.78, 5) is 0. The van der Waals surface area contributed by atoms with Crippen molar-refractivity contribution in [1.82, 2.24) is 0 Å². The maximum Gasteiger partial charge on any atom is 0.139 e. The van der Waals surface area contributed by atoms with Gasteiger partial charge in [-0.05, 0) is 12.0 Å². The predicted molar refractivity (Wildman–Crippen MR) is 48.6 cm³/mol. The molecule has 0 heterocycles. The third kappa shape index (κ3) is 1.91. The summed E-state index contributed by atoms with van der Waals surface area (Å²) < 4.78 is 0. The van der Waals surface area contributed by atoms with E-state index in [1.165, 1.54) is 23.9 Å². The standard InChI is InChI=1S/C9H13B/c1-2-3-8-4-6-9(10)7-5-8/h4-7H,2-3,10H2,1H3. The average Bonchev–Trinajstić information content (AvgIpc) is 1.95. The highest BCUT2D eigenvalue weighted by atomic mass is 13.9. The molecule has 0 aliphatic carbocycles. The molecule has 0 aliphatic rings. The van der Waals surface area contributed by atoms with Gasteiger partial charge in [-0.3, -0.25) is 0 Å². The van der Waals surface area contributed by atoms with E-state index in [1.54, 1.807) is 0 Å². The van der Waals surface area contributed by atoms with Gasteiger partial charge in [0, 0.05) is 0 Å². The molecule has 1 rings (SSSR count). The van der Waals surface area contributed by atoms with E-state index in [0.717, 1.165) is 0 Å². The zero-order chi connectivity index (χ0) is 7.40. The molecule has 52 valence electrons. The Morgan fingerprint density at radius 3 is 2.30 bits per heavy atom. The van der Waals surface area contributed by atoms with Crippen LogP contribution in [-0.4, -0.2) is 7.85 Å². The van der Waals surface area contributed by atoms with Crippen LogP contribution >= 0.6 is 0 Å². The summed E-state index contributed by atoms with van der Waals surface area (Å²) in [5.41, 5.74) is 2.80. The van der Waals surface area contributed by atoms with Gasteiger partial charge in [0.15, 0.2) is 0 Å². The van der Waals surface area contributed by atoms with E-state index >= 15 is 0 Å². The van der Waals surface area contributed by atoms with E-state index < -0.39 is 0 Å². The molecule has 0 saturated carbocycles. The van der Waals surface area contributed by atoms with Crippen LogP contribution in [-0.2, 0) is 6.42 Å². The lowest BCUT2D eigenvalue weighted by molar-refractivity contribution is 0.922. The van der Waals surface area contributed by atoms with Crippen molar-refractivity contribution in [3.63, 3.8) is 0 Å². The molecule has 0 bridgehead atoms. The van der Waals surface area contributed by atoms with Gasteiger partial charge in [0.25, 0.3) is 0 Å². The van der Waals surface area contributed by atoms with Crippen LogP contribution in [0.5, 0.6) is 0 Å². The lowest BCUT2D eigenvalue weighted by Crippen LogP contribution is -2.00. The zero-order valence-corrected chi connectivity index (χ0v) is 6.72. The molecule has 0 saturated heterocycles. The van der Waals surface area contributed by atoms with Crippen LogP contribution in [0.4, 0.5) is 0 Å². The number of rotatable bonds is 2. The summed E-state index contributed by atoms with van der Waals surface area (Å²) in [5.74, 6) is 0. The van der Waals surface area contributed by atoms with Crippen molar-refractivity contribution in [3.8, 4) is 0 Å². The minimum Gasteiger partial charge on any atom is -0.0889 e. The van der Waals surface area contributed by atoms with E-state index in [0.29, 0.717) is 0 Å². The first-order valence-electron chi connectivity index (χ1n) is 3.88. The largest absolute Gasteiger partial charge is 0.139 e. The molecule has 0 radical (unpaired) electrons. The van der Waals surface area contributed by atoms with Crippen molar-refractivity contribution >= 4 is 13.3 Å². The lowest BCUT2D eigenvalue weighted by Gasteiger charge is -1.97. The highest BCUT2D eigenvalue weighted by Crippen LogP contribution is 1.99. The molecular weight excluding hydrogens is 119 g/mol. The maximum absolute atomic E-state index is 2.21. The van der Waals surface area contributed by atoms with Crippen LogP contribution in [0.15, 0.2) is 24.3 Å². The minimum atomic E-state index is 1.21. The fourth-order valence-corrected chi connectivity index (χ4v) is 1.04. The highest BCUT2D eigenvalue weighted by Gasteiger charge is 1.88. The van der Waals surface area contributed by atoms with Crippen molar-refractivity contribution in [1.29, 1.82) is 0 Å². The van der Waals surface area contributed by atoms with Gasteiger partial charge in [-0.1, -0.05) is 43.1 Å². The second-order valence-electron chi connectivity index (χ2n) is 2.74. The van der Waals surface area contributed by atoms with Crippen molar-refractivity contribution in [2.24, 2.45) is 0 Å². The third-order valence-electron chi connectivity index (χ3n) is 1.66. The normalized spacial score (nSPS) is 9.70. The van der Waals surface area contributed by atoms with E-state index in [4.69, 9.17) is 0 Å². The fourth-order valence-electron chi connectivity index (χ4n) is 1.04. The molecular formula is C9H13B. The van der Waals surface area contributed by atoms with Crippen LogP contribution in [0.25, 0.3) is 0 Å². The van der Waals surface area contributed by atoms with E-state index in [-0.39, 0.29) is 0 Å². The van der Waals surface area contributed by atoms with Crippen LogP contribution < -0.4 is 5.46 Å². The molecule has 0 unspecified atom stereocenters. The van der Waals surface area contributed by atoms with E-state index in [9.17, 15) is 0 Å². The Kier molecular flexibility index (Phi) is 2.55. The number of aryl methyl sites for hydroxylation is 1. The van der Waals surface area contributed by atoms with Gasteiger partial charge in [0.1, 0.15) is 7.85 Å². The first-order chi connectivity index (χ1) is 4.83. The van der Waals surface area contributed by atoms with Gasteiger partial charge in [-0.2, -0.15) is 0 Å². The first-order valence-corrected chi connectivity index (χ1v) is 3.88. The molecule has 0 fully saturated rings. The van der Waals surface area contributed by atoms with Gasteiger partial charge < -0.3 is 0 Å². The number of hydrogen-bond acceptors (Lipinski definition) is 0. The minimum absolute atomic E-state index is 1.21. The van der Waals surface area contributed by atoms with Gasteiger partial charge in [0.05, 0.1) is 0 Å². The summed E-state index contributed by atoms with van der Waals surface area (Å²) in [7, 11) is 2.12. The highest BCUT2D eigenvalue weighted by molar-refractivity contribution is 6.32. The Hall–Kier alpha value is -0.715. The SMILES string of the molecule is Bc1ccc(CCC)cc1. The Labute approximate surface area is 63.7 Å². The smallest absolute Gasteiger partial charge is 0.0889 e. The summed E-state index contributed by atoms with van der Waals surface area (Å²) in [6.45, 7) is 2.21. The van der Waals surface area contributed by atoms with Crippen molar-refractivity contribution in [2.45, 2.75) is 19.8 Å². The van der Waals surface area contributed by atoms with Gasteiger partial charge in [0.2, 0.25) is 0 Å². The molecule has 0 nitrogen and oxygen atoms in total. The van der Waals surface area contributed by atoms with Gasteiger partial charge >= 0.3 is 0 Å². The average molecular weight is 132 g/mol. The molecule has 1 aromatic carbocycles. The second kappa shape index (κ2) is 3.45. The van der Waals surface area contributed by atoms with Crippen molar-refractivity contribution in [3.05, 3.63) is 29.8 Å². The van der Waals surface area contributed by atoms with E-state index in [2.05, 4.69) is 39.0 Å². The summed E-state index contributed by atoms with van der Waals surface area (Å²) in [6, 6.07) is 8.76. The van der Waals surface area contributed by atoms with Gasteiger partial charge in [-0.25, -0.2) is 0 Å². The zero-order valence-electron chi connectivity index (χ0n) is 6.72. The van der Waals surface area contributed by atoms with Crippen LogP contribution in [0, 0.1) is 0 Å². The topological polar surface area (TPSA) is 0 Å². The Balaban J connectivity index is 2.69.